The van der Waals surface area contributed by atoms with E-state index in [9.17, 15) is 4.79 Å². The summed E-state index contributed by atoms with van der Waals surface area (Å²) in [6, 6.07) is 8.20. The molecule has 1 aliphatic heterocycles. The maximum atomic E-state index is 12.5. The Kier molecular flexibility index (Phi) is 4.43. The molecule has 1 heterocycles. The van der Waals surface area contributed by atoms with Gasteiger partial charge in [-0.05, 0) is 30.7 Å². The van der Waals surface area contributed by atoms with Crippen molar-refractivity contribution in [2.24, 2.45) is 0 Å². The first-order chi connectivity index (χ1) is 9.13. The smallest absolute Gasteiger partial charge is 0.254 e. The summed E-state index contributed by atoms with van der Waals surface area (Å²) in [5, 5.41) is 3.23. The molecule has 0 spiro atoms. The number of rotatable bonds is 5. The number of amides is 1. The van der Waals surface area contributed by atoms with Gasteiger partial charge in [0.2, 0.25) is 0 Å². The highest BCUT2D eigenvalue weighted by atomic mass is 16.2. The third kappa shape index (κ3) is 3.07. The molecule has 1 saturated heterocycles. The van der Waals surface area contributed by atoms with Gasteiger partial charge >= 0.3 is 0 Å². The van der Waals surface area contributed by atoms with Crippen molar-refractivity contribution in [3.05, 3.63) is 29.8 Å². The normalized spacial score (nSPS) is 14.9. The number of anilines is 1. The molecule has 4 heteroatoms. The first kappa shape index (κ1) is 13.9. The van der Waals surface area contributed by atoms with Crippen LogP contribution < -0.4 is 10.2 Å². The molecule has 1 fully saturated rings. The Balaban J connectivity index is 2.11. The fourth-order valence-electron chi connectivity index (χ4n) is 2.25. The van der Waals surface area contributed by atoms with Gasteiger partial charge in [0.15, 0.2) is 0 Å². The molecule has 0 aliphatic carbocycles. The lowest BCUT2D eigenvalue weighted by Crippen LogP contribution is -2.59. The molecule has 0 radical (unpaired) electrons. The molecule has 1 aliphatic rings. The average Bonchev–Trinajstić information content (AvgIpc) is 2.35. The summed E-state index contributed by atoms with van der Waals surface area (Å²) in [6.45, 7) is 4.78. The molecule has 0 unspecified atom stereocenters. The SMILES string of the molecule is CCCN(C(=O)c1ccc(N(C)C)cc1)C1CNC1. The molecule has 1 N–H and O–H groups in total. The monoisotopic (exact) mass is 261 g/mol. The van der Waals surface area contributed by atoms with Crippen LogP contribution in [0.3, 0.4) is 0 Å². The van der Waals surface area contributed by atoms with E-state index in [1.54, 1.807) is 0 Å². The number of benzene rings is 1. The molecule has 104 valence electrons. The van der Waals surface area contributed by atoms with Crippen molar-refractivity contribution in [2.75, 3.05) is 38.6 Å². The van der Waals surface area contributed by atoms with Crippen LogP contribution in [-0.2, 0) is 0 Å². The highest BCUT2D eigenvalue weighted by molar-refractivity contribution is 5.94. The average molecular weight is 261 g/mol. The van der Waals surface area contributed by atoms with Crippen molar-refractivity contribution in [2.45, 2.75) is 19.4 Å². The maximum absolute atomic E-state index is 12.5. The number of hydrogen-bond acceptors (Lipinski definition) is 3. The van der Waals surface area contributed by atoms with Gasteiger partial charge in [0.25, 0.3) is 5.91 Å². The van der Waals surface area contributed by atoms with Crippen LogP contribution in [0.2, 0.25) is 0 Å². The first-order valence-corrected chi connectivity index (χ1v) is 6.92. The Morgan fingerprint density at radius 3 is 2.32 bits per heavy atom. The van der Waals surface area contributed by atoms with Crippen LogP contribution in [0, 0.1) is 0 Å². The van der Waals surface area contributed by atoms with Crippen molar-refractivity contribution in [1.29, 1.82) is 0 Å². The van der Waals surface area contributed by atoms with Gasteiger partial charge in [0.1, 0.15) is 0 Å². The van der Waals surface area contributed by atoms with Crippen LogP contribution in [0.4, 0.5) is 5.69 Å². The van der Waals surface area contributed by atoms with E-state index >= 15 is 0 Å². The molecule has 0 atom stereocenters. The van der Waals surface area contributed by atoms with Gasteiger partial charge < -0.3 is 15.1 Å². The van der Waals surface area contributed by atoms with Gasteiger partial charge in [-0.2, -0.15) is 0 Å². The molecule has 1 amide bonds. The summed E-state index contributed by atoms with van der Waals surface area (Å²) in [6.07, 6.45) is 0.998. The van der Waals surface area contributed by atoms with Gasteiger partial charge in [-0.25, -0.2) is 0 Å². The van der Waals surface area contributed by atoms with Gasteiger partial charge in [-0.15, -0.1) is 0 Å². The Hall–Kier alpha value is -1.55. The van der Waals surface area contributed by atoms with E-state index in [-0.39, 0.29) is 5.91 Å². The summed E-state index contributed by atoms with van der Waals surface area (Å²) in [5.41, 5.74) is 1.90. The number of hydrogen-bond donors (Lipinski definition) is 1. The second-order valence-corrected chi connectivity index (χ2v) is 5.25. The molecular formula is C15H23N3O. The minimum atomic E-state index is 0.152. The largest absolute Gasteiger partial charge is 0.378 e. The molecule has 0 bridgehead atoms. The standard InChI is InChI=1S/C15H23N3O/c1-4-9-18(14-10-16-11-14)15(19)12-5-7-13(8-6-12)17(2)3/h5-8,14,16H,4,9-11H2,1-3H3. The zero-order valence-corrected chi connectivity index (χ0v) is 12.0. The Morgan fingerprint density at radius 1 is 1.26 bits per heavy atom. The second kappa shape index (κ2) is 6.06. The third-order valence-electron chi connectivity index (χ3n) is 3.56. The molecule has 1 aromatic rings. The number of carbonyl (C=O) groups excluding carboxylic acids is 1. The van der Waals surface area contributed by atoms with Crippen LogP contribution in [0.5, 0.6) is 0 Å². The van der Waals surface area contributed by atoms with E-state index in [1.807, 2.05) is 48.2 Å². The number of carbonyl (C=O) groups is 1. The topological polar surface area (TPSA) is 35.6 Å². The van der Waals surface area contributed by atoms with Crippen molar-refractivity contribution >= 4 is 11.6 Å². The summed E-state index contributed by atoms with van der Waals surface area (Å²) in [7, 11) is 4.00. The Bertz CT molecular complexity index is 424. The van der Waals surface area contributed by atoms with Crippen LogP contribution in [0.1, 0.15) is 23.7 Å². The Labute approximate surface area is 115 Å². The fourth-order valence-corrected chi connectivity index (χ4v) is 2.25. The summed E-state index contributed by atoms with van der Waals surface area (Å²) in [4.78, 5) is 16.6. The van der Waals surface area contributed by atoms with E-state index in [1.165, 1.54) is 0 Å². The predicted octanol–water partition coefficient (Wildman–Crippen LogP) is 1.58. The van der Waals surface area contributed by atoms with E-state index in [2.05, 4.69) is 12.2 Å². The van der Waals surface area contributed by atoms with Gasteiger partial charge in [-0.1, -0.05) is 6.92 Å². The minimum absolute atomic E-state index is 0.152. The highest BCUT2D eigenvalue weighted by Crippen LogP contribution is 2.16. The molecule has 4 nitrogen and oxygen atoms in total. The van der Waals surface area contributed by atoms with Crippen molar-refractivity contribution < 1.29 is 4.79 Å². The lowest BCUT2D eigenvalue weighted by Gasteiger charge is -2.38. The zero-order valence-electron chi connectivity index (χ0n) is 12.0. The zero-order chi connectivity index (χ0) is 13.8. The van der Waals surface area contributed by atoms with Gasteiger partial charge in [0.05, 0.1) is 6.04 Å². The second-order valence-electron chi connectivity index (χ2n) is 5.25. The first-order valence-electron chi connectivity index (χ1n) is 6.92. The predicted molar refractivity (Wildman–Crippen MR) is 78.8 cm³/mol. The molecule has 0 aromatic heterocycles. The quantitative estimate of drug-likeness (QED) is 0.874. The van der Waals surface area contributed by atoms with Crippen LogP contribution in [0.15, 0.2) is 24.3 Å². The summed E-state index contributed by atoms with van der Waals surface area (Å²) >= 11 is 0. The van der Waals surface area contributed by atoms with E-state index in [0.29, 0.717) is 6.04 Å². The minimum Gasteiger partial charge on any atom is -0.378 e. The third-order valence-corrected chi connectivity index (χ3v) is 3.56. The van der Waals surface area contributed by atoms with Crippen molar-refractivity contribution in [3.8, 4) is 0 Å². The number of nitrogens with zero attached hydrogens (tertiary/aromatic N) is 2. The fraction of sp³-hybridized carbons (Fsp3) is 0.533. The molecule has 2 rings (SSSR count). The van der Waals surface area contributed by atoms with Crippen LogP contribution in [0.25, 0.3) is 0 Å². The maximum Gasteiger partial charge on any atom is 0.254 e. The van der Waals surface area contributed by atoms with Crippen LogP contribution >= 0.6 is 0 Å². The van der Waals surface area contributed by atoms with E-state index in [4.69, 9.17) is 0 Å². The molecule has 1 aromatic carbocycles. The lowest BCUT2D eigenvalue weighted by atomic mass is 10.1. The number of nitrogens with one attached hydrogen (secondary N) is 1. The van der Waals surface area contributed by atoms with Crippen molar-refractivity contribution in [3.63, 3.8) is 0 Å². The van der Waals surface area contributed by atoms with Gasteiger partial charge in [0, 0.05) is 45.0 Å². The van der Waals surface area contributed by atoms with E-state index in [0.717, 1.165) is 37.3 Å². The summed E-state index contributed by atoms with van der Waals surface area (Å²) in [5.74, 6) is 0.152. The van der Waals surface area contributed by atoms with Gasteiger partial charge in [-0.3, -0.25) is 4.79 Å². The lowest BCUT2D eigenvalue weighted by molar-refractivity contribution is 0.0616. The molecule has 0 saturated carbocycles. The van der Waals surface area contributed by atoms with E-state index < -0.39 is 0 Å². The van der Waals surface area contributed by atoms with Crippen molar-refractivity contribution in [1.82, 2.24) is 10.2 Å². The Morgan fingerprint density at radius 2 is 1.89 bits per heavy atom. The molecule has 19 heavy (non-hydrogen) atoms. The van der Waals surface area contributed by atoms with Crippen LogP contribution in [-0.4, -0.2) is 50.6 Å². The summed E-state index contributed by atoms with van der Waals surface area (Å²) < 4.78 is 0. The highest BCUT2D eigenvalue weighted by Gasteiger charge is 2.28. The molecular weight excluding hydrogens is 238 g/mol.